The van der Waals surface area contributed by atoms with Crippen molar-refractivity contribution in [1.29, 1.82) is 0 Å². The Kier molecular flexibility index (Phi) is 7.08. The molecule has 156 valence electrons. The number of thioether (sulfide) groups is 1. The van der Waals surface area contributed by atoms with Gasteiger partial charge in [0, 0.05) is 11.3 Å². The third-order valence-electron chi connectivity index (χ3n) is 4.36. The van der Waals surface area contributed by atoms with Gasteiger partial charge >= 0.3 is 0 Å². The van der Waals surface area contributed by atoms with Crippen LogP contribution in [-0.4, -0.2) is 39.9 Å². The molecule has 9 heteroatoms. The normalized spacial score (nSPS) is 10.5. The third-order valence-corrected chi connectivity index (χ3v) is 5.21. The smallest absolute Gasteiger partial charge is 0.251 e. The van der Waals surface area contributed by atoms with Crippen LogP contribution in [0.3, 0.4) is 0 Å². The Balaban J connectivity index is 1.47. The highest BCUT2D eigenvalue weighted by Crippen LogP contribution is 2.20. The van der Waals surface area contributed by atoms with Crippen molar-refractivity contribution in [2.24, 2.45) is 0 Å². The van der Waals surface area contributed by atoms with Crippen molar-refractivity contribution in [1.82, 2.24) is 20.5 Å². The van der Waals surface area contributed by atoms with E-state index in [2.05, 4.69) is 25.8 Å². The Morgan fingerprint density at radius 3 is 2.47 bits per heavy atom. The fourth-order valence-corrected chi connectivity index (χ4v) is 3.36. The molecule has 0 radical (unpaired) electrons. The summed E-state index contributed by atoms with van der Waals surface area (Å²) in [6.45, 7) is 4.11. The number of aromatic amines is 1. The number of methoxy groups -OCH3 is 1. The summed E-state index contributed by atoms with van der Waals surface area (Å²) in [5.41, 5.74) is 3.38. The predicted octanol–water partition coefficient (Wildman–Crippen LogP) is 3.09. The number of carbonyl (C=O) groups excluding carboxylic acids is 2. The van der Waals surface area contributed by atoms with Gasteiger partial charge in [0.05, 0.1) is 19.4 Å². The van der Waals surface area contributed by atoms with Crippen molar-refractivity contribution in [2.45, 2.75) is 25.5 Å². The lowest BCUT2D eigenvalue weighted by Crippen LogP contribution is -2.23. The molecule has 0 saturated carbocycles. The number of anilines is 1. The molecule has 0 aliphatic heterocycles. The zero-order chi connectivity index (χ0) is 21.5. The number of nitrogens with one attached hydrogen (secondary N) is 3. The van der Waals surface area contributed by atoms with Crippen molar-refractivity contribution in [3.63, 3.8) is 0 Å². The summed E-state index contributed by atoms with van der Waals surface area (Å²) < 4.78 is 5.08. The van der Waals surface area contributed by atoms with Crippen LogP contribution in [-0.2, 0) is 11.3 Å². The fraction of sp³-hybridized carbons (Fsp3) is 0.238. The highest BCUT2D eigenvalue weighted by molar-refractivity contribution is 7.99. The van der Waals surface area contributed by atoms with Gasteiger partial charge in [-0.15, -0.1) is 5.10 Å². The summed E-state index contributed by atoms with van der Waals surface area (Å²) in [6.07, 6.45) is 0. The Hall–Kier alpha value is -3.33. The van der Waals surface area contributed by atoms with Crippen LogP contribution in [0.15, 0.2) is 47.6 Å². The summed E-state index contributed by atoms with van der Waals surface area (Å²) in [5, 5.41) is 13.0. The molecule has 0 unspecified atom stereocenters. The maximum absolute atomic E-state index is 12.3. The number of nitrogens with zero attached hydrogens (tertiary/aromatic N) is 2. The van der Waals surface area contributed by atoms with Crippen molar-refractivity contribution >= 4 is 29.3 Å². The SMILES string of the molecule is COc1ccc(C(=O)NCc2nc(SCC(=O)Nc3c(C)cccc3C)n[nH]2)cc1. The minimum absolute atomic E-state index is 0.128. The van der Waals surface area contributed by atoms with E-state index in [0.717, 1.165) is 16.8 Å². The van der Waals surface area contributed by atoms with E-state index in [1.165, 1.54) is 11.8 Å². The van der Waals surface area contributed by atoms with Gasteiger partial charge in [-0.25, -0.2) is 4.98 Å². The maximum atomic E-state index is 12.3. The van der Waals surface area contributed by atoms with E-state index < -0.39 is 0 Å². The molecule has 3 aromatic rings. The van der Waals surface area contributed by atoms with E-state index in [-0.39, 0.29) is 24.1 Å². The van der Waals surface area contributed by atoms with E-state index in [1.807, 2.05) is 32.0 Å². The van der Waals surface area contributed by atoms with Gasteiger partial charge in [0.15, 0.2) is 0 Å². The summed E-state index contributed by atoms with van der Waals surface area (Å²) in [5.74, 6) is 1.02. The molecule has 0 bridgehead atoms. The number of aromatic nitrogens is 3. The van der Waals surface area contributed by atoms with E-state index >= 15 is 0 Å². The first-order valence-corrected chi connectivity index (χ1v) is 10.3. The number of aryl methyl sites for hydroxylation is 2. The highest BCUT2D eigenvalue weighted by Gasteiger charge is 2.11. The first-order chi connectivity index (χ1) is 14.5. The summed E-state index contributed by atoms with van der Waals surface area (Å²) in [6, 6.07) is 12.7. The molecule has 3 rings (SSSR count). The molecular weight excluding hydrogens is 402 g/mol. The molecule has 0 atom stereocenters. The number of hydrogen-bond donors (Lipinski definition) is 3. The van der Waals surface area contributed by atoms with Crippen LogP contribution in [0, 0.1) is 13.8 Å². The highest BCUT2D eigenvalue weighted by atomic mass is 32.2. The summed E-state index contributed by atoms with van der Waals surface area (Å²) in [7, 11) is 1.57. The second-order valence-electron chi connectivity index (χ2n) is 6.58. The molecule has 0 saturated heterocycles. The van der Waals surface area contributed by atoms with Gasteiger partial charge in [-0.3, -0.25) is 14.7 Å². The predicted molar refractivity (Wildman–Crippen MR) is 116 cm³/mol. The fourth-order valence-electron chi connectivity index (χ4n) is 2.75. The van der Waals surface area contributed by atoms with Gasteiger partial charge in [0.2, 0.25) is 11.1 Å². The lowest BCUT2D eigenvalue weighted by molar-refractivity contribution is -0.113. The Labute approximate surface area is 178 Å². The van der Waals surface area contributed by atoms with E-state index in [9.17, 15) is 9.59 Å². The molecule has 1 aromatic heterocycles. The number of amides is 2. The van der Waals surface area contributed by atoms with Crippen LogP contribution in [0.5, 0.6) is 5.75 Å². The van der Waals surface area contributed by atoms with Gasteiger partial charge in [-0.2, -0.15) is 0 Å². The van der Waals surface area contributed by atoms with Crippen LogP contribution in [0.1, 0.15) is 27.3 Å². The number of carbonyl (C=O) groups is 2. The first kappa shape index (κ1) is 21.4. The molecule has 0 aliphatic carbocycles. The minimum Gasteiger partial charge on any atom is -0.497 e. The number of H-pyrrole nitrogens is 1. The summed E-state index contributed by atoms with van der Waals surface area (Å²) >= 11 is 1.22. The van der Waals surface area contributed by atoms with E-state index in [4.69, 9.17) is 4.74 Å². The Morgan fingerprint density at radius 1 is 1.10 bits per heavy atom. The Morgan fingerprint density at radius 2 is 1.80 bits per heavy atom. The van der Waals surface area contributed by atoms with Crippen LogP contribution in [0.2, 0.25) is 0 Å². The molecule has 30 heavy (non-hydrogen) atoms. The molecule has 0 fully saturated rings. The van der Waals surface area contributed by atoms with Gasteiger partial charge < -0.3 is 15.4 Å². The second kappa shape index (κ2) is 9.93. The zero-order valence-electron chi connectivity index (χ0n) is 17.0. The average Bonchev–Trinajstić information content (AvgIpc) is 3.21. The maximum Gasteiger partial charge on any atom is 0.251 e. The molecule has 3 N–H and O–H groups in total. The van der Waals surface area contributed by atoms with Gasteiger partial charge in [0.1, 0.15) is 11.6 Å². The molecule has 1 heterocycles. The molecule has 8 nitrogen and oxygen atoms in total. The van der Waals surface area contributed by atoms with Crippen molar-refractivity contribution in [2.75, 3.05) is 18.2 Å². The quantitative estimate of drug-likeness (QED) is 0.479. The molecular formula is C21H23N5O3S. The van der Waals surface area contributed by atoms with Crippen LogP contribution in [0.4, 0.5) is 5.69 Å². The summed E-state index contributed by atoms with van der Waals surface area (Å²) in [4.78, 5) is 28.7. The lowest BCUT2D eigenvalue weighted by atomic mass is 10.1. The number of rotatable bonds is 8. The van der Waals surface area contributed by atoms with Gasteiger partial charge in [0.25, 0.3) is 5.91 Å². The van der Waals surface area contributed by atoms with Crippen molar-refractivity contribution in [3.05, 3.63) is 65.0 Å². The largest absolute Gasteiger partial charge is 0.497 e. The number of ether oxygens (including phenoxy) is 1. The third kappa shape index (κ3) is 5.60. The lowest BCUT2D eigenvalue weighted by Gasteiger charge is -2.10. The second-order valence-corrected chi connectivity index (χ2v) is 7.52. The van der Waals surface area contributed by atoms with Gasteiger partial charge in [-0.1, -0.05) is 30.0 Å². The van der Waals surface area contributed by atoms with E-state index in [0.29, 0.717) is 22.3 Å². The molecule has 0 spiro atoms. The Bertz CT molecular complexity index is 1010. The molecule has 0 aliphatic rings. The minimum atomic E-state index is -0.226. The molecule has 2 aromatic carbocycles. The zero-order valence-corrected chi connectivity index (χ0v) is 17.8. The van der Waals surface area contributed by atoms with Gasteiger partial charge in [-0.05, 0) is 49.2 Å². The monoisotopic (exact) mass is 425 g/mol. The van der Waals surface area contributed by atoms with Crippen LogP contribution >= 0.6 is 11.8 Å². The van der Waals surface area contributed by atoms with Crippen molar-refractivity contribution < 1.29 is 14.3 Å². The van der Waals surface area contributed by atoms with E-state index in [1.54, 1.807) is 31.4 Å². The average molecular weight is 426 g/mol. The topological polar surface area (TPSA) is 109 Å². The standard InChI is InChI=1S/C21H23N5O3S/c1-13-5-4-6-14(2)19(13)24-18(27)12-30-21-23-17(25-26-21)11-22-20(28)15-7-9-16(29-3)10-8-15/h4-10H,11-12H2,1-3H3,(H,22,28)(H,24,27)(H,23,25,26). The number of benzene rings is 2. The van der Waals surface area contributed by atoms with Crippen LogP contribution in [0.25, 0.3) is 0 Å². The number of hydrogen-bond acceptors (Lipinski definition) is 6. The number of para-hydroxylation sites is 1. The molecule has 2 amide bonds. The first-order valence-electron chi connectivity index (χ1n) is 9.28. The van der Waals surface area contributed by atoms with Crippen LogP contribution < -0.4 is 15.4 Å². The van der Waals surface area contributed by atoms with Crippen molar-refractivity contribution in [3.8, 4) is 5.75 Å².